The van der Waals surface area contributed by atoms with E-state index in [1.807, 2.05) is 74.6 Å². The van der Waals surface area contributed by atoms with Gasteiger partial charge >= 0.3 is 0 Å². The van der Waals surface area contributed by atoms with E-state index in [1.54, 1.807) is 11.8 Å². The molecule has 23 heavy (non-hydrogen) atoms. The van der Waals surface area contributed by atoms with Crippen molar-refractivity contribution in [2.75, 3.05) is 7.11 Å². The van der Waals surface area contributed by atoms with Gasteiger partial charge in [0.2, 0.25) is 0 Å². The average molecular weight is 305 g/mol. The van der Waals surface area contributed by atoms with E-state index in [-0.39, 0.29) is 0 Å². The Bertz CT molecular complexity index is 835. The number of benzene rings is 2. The van der Waals surface area contributed by atoms with Crippen LogP contribution in [-0.2, 0) is 0 Å². The van der Waals surface area contributed by atoms with Crippen LogP contribution >= 0.6 is 0 Å². The van der Waals surface area contributed by atoms with Gasteiger partial charge in [-0.25, -0.2) is 9.67 Å². The van der Waals surface area contributed by atoms with Crippen LogP contribution in [0.5, 0.6) is 5.75 Å². The molecule has 116 valence electrons. The summed E-state index contributed by atoms with van der Waals surface area (Å²) >= 11 is 0. The first-order chi connectivity index (χ1) is 11.2. The highest BCUT2D eigenvalue weighted by Gasteiger charge is 2.11. The SMILES string of the molecule is COc1c(C)cccc1N=C(c1ccccc1)n1ccc(C)n1. The largest absolute Gasteiger partial charge is 0.494 e. The van der Waals surface area contributed by atoms with E-state index in [4.69, 9.17) is 9.73 Å². The van der Waals surface area contributed by atoms with E-state index in [0.717, 1.165) is 34.1 Å². The smallest absolute Gasteiger partial charge is 0.161 e. The lowest BCUT2D eigenvalue weighted by molar-refractivity contribution is 0.413. The molecule has 0 spiro atoms. The number of ether oxygens (including phenoxy) is 1. The first kappa shape index (κ1) is 15.0. The van der Waals surface area contributed by atoms with Crippen LogP contribution in [0.15, 0.2) is 65.8 Å². The molecule has 0 saturated carbocycles. The minimum Gasteiger partial charge on any atom is -0.494 e. The Morgan fingerprint density at radius 3 is 2.43 bits per heavy atom. The van der Waals surface area contributed by atoms with Crippen molar-refractivity contribution in [2.45, 2.75) is 13.8 Å². The Morgan fingerprint density at radius 1 is 1.00 bits per heavy atom. The molecule has 2 aromatic carbocycles. The van der Waals surface area contributed by atoms with E-state index in [2.05, 4.69) is 5.10 Å². The van der Waals surface area contributed by atoms with Crippen molar-refractivity contribution in [1.29, 1.82) is 0 Å². The van der Waals surface area contributed by atoms with Crippen LogP contribution in [0.1, 0.15) is 16.8 Å². The molecule has 0 amide bonds. The van der Waals surface area contributed by atoms with Gasteiger partial charge in [-0.1, -0.05) is 42.5 Å². The summed E-state index contributed by atoms with van der Waals surface area (Å²) in [5, 5.41) is 4.51. The standard InChI is InChI=1S/C19H19N3O/c1-14-8-7-11-17(18(14)23-3)20-19(16-9-5-4-6-10-16)22-13-12-15(2)21-22/h4-13H,1-3H3. The van der Waals surface area contributed by atoms with Gasteiger partial charge in [0.1, 0.15) is 11.4 Å². The first-order valence-electron chi connectivity index (χ1n) is 7.49. The predicted octanol–water partition coefficient (Wildman–Crippen LogP) is 4.14. The second kappa shape index (κ2) is 6.48. The van der Waals surface area contributed by atoms with Gasteiger partial charge < -0.3 is 4.74 Å². The summed E-state index contributed by atoms with van der Waals surface area (Å²) in [7, 11) is 1.67. The average Bonchev–Trinajstić information content (AvgIpc) is 2.99. The zero-order valence-electron chi connectivity index (χ0n) is 13.5. The van der Waals surface area contributed by atoms with Crippen molar-refractivity contribution in [3.8, 4) is 5.75 Å². The zero-order valence-corrected chi connectivity index (χ0v) is 13.5. The highest BCUT2D eigenvalue weighted by atomic mass is 16.5. The van der Waals surface area contributed by atoms with Crippen LogP contribution in [-0.4, -0.2) is 22.7 Å². The molecule has 1 aromatic heterocycles. The van der Waals surface area contributed by atoms with Gasteiger partial charge in [0.25, 0.3) is 0 Å². The van der Waals surface area contributed by atoms with Gasteiger partial charge in [-0.15, -0.1) is 0 Å². The summed E-state index contributed by atoms with van der Waals surface area (Å²) in [4.78, 5) is 4.84. The predicted molar refractivity (Wildman–Crippen MR) is 92.7 cm³/mol. The fourth-order valence-corrected chi connectivity index (χ4v) is 2.47. The molecule has 4 nitrogen and oxygen atoms in total. The molecule has 4 heteroatoms. The summed E-state index contributed by atoms with van der Waals surface area (Å²) < 4.78 is 7.32. The fraction of sp³-hybridized carbons (Fsp3) is 0.158. The summed E-state index contributed by atoms with van der Waals surface area (Å²) in [6, 6.07) is 17.9. The summed E-state index contributed by atoms with van der Waals surface area (Å²) in [5.41, 5.74) is 3.79. The lowest BCUT2D eigenvalue weighted by Gasteiger charge is -2.11. The molecule has 0 N–H and O–H groups in total. The van der Waals surface area contributed by atoms with E-state index in [1.165, 1.54) is 0 Å². The molecule has 3 aromatic rings. The molecule has 0 bridgehead atoms. The quantitative estimate of drug-likeness (QED) is 0.539. The molecule has 0 atom stereocenters. The molecular weight excluding hydrogens is 286 g/mol. The maximum Gasteiger partial charge on any atom is 0.161 e. The molecule has 0 saturated heterocycles. The minimum absolute atomic E-state index is 0.766. The maximum atomic E-state index is 5.52. The maximum absolute atomic E-state index is 5.52. The molecule has 0 radical (unpaired) electrons. The summed E-state index contributed by atoms with van der Waals surface area (Å²) in [6.07, 6.45) is 1.92. The van der Waals surface area contributed by atoms with E-state index < -0.39 is 0 Å². The van der Waals surface area contributed by atoms with Crippen LogP contribution in [0, 0.1) is 13.8 Å². The molecule has 0 fully saturated rings. The fourth-order valence-electron chi connectivity index (χ4n) is 2.47. The van der Waals surface area contributed by atoms with E-state index in [0.29, 0.717) is 0 Å². The van der Waals surface area contributed by atoms with Crippen LogP contribution in [0.25, 0.3) is 0 Å². The Labute approximate surface area is 136 Å². The number of para-hydroxylation sites is 1. The summed E-state index contributed by atoms with van der Waals surface area (Å²) in [6.45, 7) is 3.98. The van der Waals surface area contributed by atoms with Gasteiger partial charge in [0.15, 0.2) is 5.84 Å². The number of nitrogens with zero attached hydrogens (tertiary/aromatic N) is 3. The molecule has 0 aliphatic carbocycles. The minimum atomic E-state index is 0.766. The molecule has 3 rings (SSSR count). The van der Waals surface area contributed by atoms with Gasteiger partial charge in [-0.05, 0) is 31.5 Å². The van der Waals surface area contributed by atoms with Gasteiger partial charge in [-0.3, -0.25) is 0 Å². The number of aliphatic imine (C=N–C) groups is 1. The number of rotatable bonds is 3. The van der Waals surface area contributed by atoms with Crippen molar-refractivity contribution in [3.63, 3.8) is 0 Å². The van der Waals surface area contributed by atoms with Gasteiger partial charge in [-0.2, -0.15) is 5.10 Å². The van der Waals surface area contributed by atoms with Crippen molar-refractivity contribution < 1.29 is 4.74 Å². The van der Waals surface area contributed by atoms with Crippen LogP contribution in [0.4, 0.5) is 5.69 Å². The number of hydrogen-bond donors (Lipinski definition) is 0. The van der Waals surface area contributed by atoms with Gasteiger partial charge in [0.05, 0.1) is 12.8 Å². The molecule has 0 unspecified atom stereocenters. The van der Waals surface area contributed by atoms with Crippen molar-refractivity contribution >= 4 is 11.5 Å². The molecule has 0 aliphatic heterocycles. The normalized spacial score (nSPS) is 11.5. The van der Waals surface area contributed by atoms with E-state index in [9.17, 15) is 0 Å². The lowest BCUT2D eigenvalue weighted by atomic mass is 10.2. The lowest BCUT2D eigenvalue weighted by Crippen LogP contribution is -2.14. The van der Waals surface area contributed by atoms with Crippen LogP contribution in [0.3, 0.4) is 0 Å². The molecule has 0 aliphatic rings. The first-order valence-corrected chi connectivity index (χ1v) is 7.49. The Morgan fingerprint density at radius 2 is 1.78 bits per heavy atom. The van der Waals surface area contributed by atoms with Gasteiger partial charge in [0, 0.05) is 11.8 Å². The Hall–Kier alpha value is -2.88. The second-order valence-electron chi connectivity index (χ2n) is 5.33. The van der Waals surface area contributed by atoms with Crippen molar-refractivity contribution in [2.24, 2.45) is 4.99 Å². The second-order valence-corrected chi connectivity index (χ2v) is 5.33. The summed E-state index contributed by atoms with van der Waals surface area (Å²) in [5.74, 6) is 1.55. The number of hydrogen-bond acceptors (Lipinski definition) is 3. The topological polar surface area (TPSA) is 39.4 Å². The van der Waals surface area contributed by atoms with Crippen molar-refractivity contribution in [3.05, 3.63) is 77.6 Å². The third-order valence-corrected chi connectivity index (χ3v) is 3.59. The highest BCUT2D eigenvalue weighted by Crippen LogP contribution is 2.31. The molecule has 1 heterocycles. The van der Waals surface area contributed by atoms with E-state index >= 15 is 0 Å². The van der Waals surface area contributed by atoms with Crippen LogP contribution in [0.2, 0.25) is 0 Å². The number of aryl methyl sites for hydroxylation is 2. The Kier molecular flexibility index (Phi) is 4.24. The zero-order chi connectivity index (χ0) is 16.2. The van der Waals surface area contributed by atoms with Crippen LogP contribution < -0.4 is 4.74 Å². The number of aromatic nitrogens is 2. The Balaban J connectivity index is 2.18. The highest BCUT2D eigenvalue weighted by molar-refractivity contribution is 6.01. The van der Waals surface area contributed by atoms with Crippen molar-refractivity contribution in [1.82, 2.24) is 9.78 Å². The number of methoxy groups -OCH3 is 1. The molecular formula is C19H19N3O. The monoisotopic (exact) mass is 305 g/mol. The third kappa shape index (κ3) is 3.16. The third-order valence-electron chi connectivity index (χ3n) is 3.59.